The second-order valence-electron chi connectivity index (χ2n) is 15.9. The predicted octanol–water partition coefficient (Wildman–Crippen LogP) is 15.2. The summed E-state index contributed by atoms with van der Waals surface area (Å²) in [6.07, 6.45) is 0. The molecule has 0 saturated heterocycles. The Balaban J connectivity index is 1.23. The third kappa shape index (κ3) is 5.42. The van der Waals surface area contributed by atoms with Gasteiger partial charge in [-0.25, -0.2) is 4.98 Å². The Bertz CT molecular complexity index is 3130. The van der Waals surface area contributed by atoms with Crippen molar-refractivity contribution in [3.63, 3.8) is 0 Å². The van der Waals surface area contributed by atoms with Crippen LogP contribution < -0.4 is 0 Å². The third-order valence-corrected chi connectivity index (χ3v) is 12.2. The summed E-state index contributed by atoms with van der Waals surface area (Å²) in [6, 6.07) is 73.4. The van der Waals surface area contributed by atoms with Gasteiger partial charge in [0.1, 0.15) is 0 Å². The van der Waals surface area contributed by atoms with Crippen LogP contribution in [0.4, 0.5) is 0 Å². The van der Waals surface area contributed by atoms with Gasteiger partial charge < -0.3 is 0 Å². The average molecular weight is 726 g/mol. The molecular formula is C56H39N. The minimum Gasteiger partial charge on any atom is -0.248 e. The molecule has 1 aliphatic carbocycles. The van der Waals surface area contributed by atoms with Gasteiger partial charge in [0.05, 0.1) is 11.4 Å². The van der Waals surface area contributed by atoms with Gasteiger partial charge in [-0.15, -0.1) is 0 Å². The highest BCUT2D eigenvalue weighted by atomic mass is 14.7. The van der Waals surface area contributed by atoms with Crippen LogP contribution in [0.2, 0.25) is 0 Å². The van der Waals surface area contributed by atoms with Crippen molar-refractivity contribution in [2.45, 2.75) is 19.3 Å². The maximum Gasteiger partial charge on any atom is 0.0715 e. The Morgan fingerprint density at radius 3 is 1.56 bits per heavy atom. The predicted molar refractivity (Wildman–Crippen MR) is 241 cm³/mol. The van der Waals surface area contributed by atoms with Gasteiger partial charge in [-0.2, -0.15) is 0 Å². The van der Waals surface area contributed by atoms with E-state index in [-0.39, 0.29) is 5.41 Å². The topological polar surface area (TPSA) is 12.9 Å². The van der Waals surface area contributed by atoms with E-state index < -0.39 is 0 Å². The molecule has 0 fully saturated rings. The smallest absolute Gasteiger partial charge is 0.0715 e. The van der Waals surface area contributed by atoms with Crippen molar-refractivity contribution in [1.29, 1.82) is 0 Å². The first-order valence-corrected chi connectivity index (χ1v) is 19.9. The fourth-order valence-electron chi connectivity index (χ4n) is 9.41. The van der Waals surface area contributed by atoms with Crippen LogP contribution >= 0.6 is 0 Å². The Kier molecular flexibility index (Phi) is 7.59. The molecule has 1 heterocycles. The van der Waals surface area contributed by atoms with Gasteiger partial charge in [0.15, 0.2) is 0 Å². The summed E-state index contributed by atoms with van der Waals surface area (Å²) in [4.78, 5) is 5.27. The normalized spacial score (nSPS) is 12.9. The number of hydrogen-bond donors (Lipinski definition) is 0. The van der Waals surface area contributed by atoms with Gasteiger partial charge in [-0.05, 0) is 118 Å². The van der Waals surface area contributed by atoms with E-state index in [1.54, 1.807) is 0 Å². The van der Waals surface area contributed by atoms with Crippen LogP contribution in [-0.2, 0) is 5.41 Å². The van der Waals surface area contributed by atoms with Gasteiger partial charge >= 0.3 is 0 Å². The van der Waals surface area contributed by atoms with E-state index in [0.29, 0.717) is 0 Å². The molecule has 0 saturated carbocycles. The van der Waals surface area contributed by atoms with Crippen molar-refractivity contribution in [1.82, 2.24) is 4.98 Å². The number of pyridine rings is 1. The SMILES string of the molecule is CC1(C)c2ccccc2-c2cc(-c3c4ccccc4c(-c4cc(-c5ccccc5)nc(-c5ccccc5)c4)c4ccc(-c5ccc6ccccc6c5)cc34)ccc21. The Morgan fingerprint density at radius 1 is 0.316 bits per heavy atom. The molecule has 1 nitrogen and oxygen atoms in total. The molecule has 11 rings (SSSR count). The van der Waals surface area contributed by atoms with Crippen LogP contribution in [0.25, 0.3) is 99.3 Å². The molecule has 0 N–H and O–H groups in total. The molecular weight excluding hydrogens is 687 g/mol. The van der Waals surface area contributed by atoms with Crippen LogP contribution in [0.15, 0.2) is 200 Å². The van der Waals surface area contributed by atoms with E-state index in [0.717, 1.165) is 28.1 Å². The zero-order chi connectivity index (χ0) is 38.1. The first-order chi connectivity index (χ1) is 28.0. The molecule has 0 spiro atoms. The number of aromatic nitrogens is 1. The standard InChI is InChI=1S/C56H39N/c1-56(2)50-24-14-13-21-44(50)48-33-42(28-30-51(48)56)54-45-22-11-12-23-46(45)55(47-29-27-41(32-49(47)54)40-26-25-36-15-9-10-20-39(36)31-40)43-34-52(37-16-5-3-6-17-37)57-53(35-43)38-18-7-4-8-19-38/h3-35H,1-2H3. The van der Waals surface area contributed by atoms with Crippen LogP contribution in [0.5, 0.6) is 0 Å². The van der Waals surface area contributed by atoms with E-state index in [1.807, 2.05) is 0 Å². The van der Waals surface area contributed by atoms with Crippen LogP contribution in [0.3, 0.4) is 0 Å². The summed E-state index contributed by atoms with van der Waals surface area (Å²) in [5.41, 5.74) is 16.8. The molecule has 1 aliphatic rings. The molecule has 0 amide bonds. The van der Waals surface area contributed by atoms with E-state index in [9.17, 15) is 0 Å². The van der Waals surface area contributed by atoms with Gasteiger partial charge in [0, 0.05) is 16.5 Å². The molecule has 10 aromatic rings. The van der Waals surface area contributed by atoms with Gasteiger partial charge in [0.25, 0.3) is 0 Å². The summed E-state index contributed by atoms with van der Waals surface area (Å²) in [5, 5.41) is 7.41. The van der Waals surface area contributed by atoms with E-state index >= 15 is 0 Å². The highest BCUT2D eigenvalue weighted by Crippen LogP contribution is 2.52. The van der Waals surface area contributed by atoms with Crippen molar-refractivity contribution in [3.05, 3.63) is 211 Å². The maximum atomic E-state index is 5.27. The Morgan fingerprint density at radius 2 is 0.842 bits per heavy atom. The molecule has 57 heavy (non-hydrogen) atoms. The van der Waals surface area contributed by atoms with Crippen LogP contribution in [0.1, 0.15) is 25.0 Å². The van der Waals surface area contributed by atoms with E-state index in [2.05, 4.69) is 214 Å². The van der Waals surface area contributed by atoms with Crippen LogP contribution in [-0.4, -0.2) is 4.98 Å². The third-order valence-electron chi connectivity index (χ3n) is 12.2. The second-order valence-corrected chi connectivity index (χ2v) is 15.9. The number of rotatable bonds is 5. The quantitative estimate of drug-likeness (QED) is 0.161. The fourth-order valence-corrected chi connectivity index (χ4v) is 9.41. The summed E-state index contributed by atoms with van der Waals surface area (Å²) < 4.78 is 0. The number of benzene rings is 9. The number of fused-ring (bicyclic) bond motifs is 6. The maximum absolute atomic E-state index is 5.27. The summed E-state index contributed by atoms with van der Waals surface area (Å²) >= 11 is 0. The lowest BCUT2D eigenvalue weighted by molar-refractivity contribution is 0.660. The zero-order valence-corrected chi connectivity index (χ0v) is 32.0. The van der Waals surface area contributed by atoms with Gasteiger partial charge in [0.2, 0.25) is 0 Å². The van der Waals surface area contributed by atoms with Crippen molar-refractivity contribution in [3.8, 4) is 67.0 Å². The minimum atomic E-state index is -0.0596. The van der Waals surface area contributed by atoms with E-state index in [1.165, 1.54) is 82.4 Å². The van der Waals surface area contributed by atoms with E-state index in [4.69, 9.17) is 4.98 Å². The highest BCUT2D eigenvalue weighted by molar-refractivity contribution is 6.22. The molecule has 0 unspecified atom stereocenters. The largest absolute Gasteiger partial charge is 0.248 e. The fraction of sp³-hybridized carbons (Fsp3) is 0.0536. The average Bonchev–Trinajstić information content (AvgIpc) is 3.50. The summed E-state index contributed by atoms with van der Waals surface area (Å²) in [5.74, 6) is 0. The first-order valence-electron chi connectivity index (χ1n) is 19.9. The van der Waals surface area contributed by atoms with Crippen LogP contribution in [0, 0.1) is 0 Å². The monoisotopic (exact) mass is 725 g/mol. The lowest BCUT2D eigenvalue weighted by Gasteiger charge is -2.22. The number of nitrogens with zero attached hydrogens (tertiary/aromatic N) is 1. The molecule has 1 heteroatoms. The number of hydrogen-bond acceptors (Lipinski definition) is 1. The van der Waals surface area contributed by atoms with Crippen molar-refractivity contribution in [2.75, 3.05) is 0 Å². The van der Waals surface area contributed by atoms with Crippen molar-refractivity contribution >= 4 is 32.3 Å². The molecule has 1 aromatic heterocycles. The summed E-state index contributed by atoms with van der Waals surface area (Å²) in [7, 11) is 0. The molecule has 0 radical (unpaired) electrons. The van der Waals surface area contributed by atoms with Gasteiger partial charge in [-0.3, -0.25) is 0 Å². The van der Waals surface area contributed by atoms with Crippen molar-refractivity contribution in [2.24, 2.45) is 0 Å². The first kappa shape index (κ1) is 33.3. The molecule has 0 aliphatic heterocycles. The van der Waals surface area contributed by atoms with Gasteiger partial charge in [-0.1, -0.05) is 184 Å². The molecule has 268 valence electrons. The summed E-state index contributed by atoms with van der Waals surface area (Å²) in [6.45, 7) is 4.71. The lowest BCUT2D eigenvalue weighted by atomic mass is 9.81. The minimum absolute atomic E-state index is 0.0596. The molecule has 0 bridgehead atoms. The zero-order valence-electron chi connectivity index (χ0n) is 32.0. The Labute approximate surface area is 333 Å². The lowest BCUT2D eigenvalue weighted by Crippen LogP contribution is -2.14. The molecule has 9 aromatic carbocycles. The molecule has 0 atom stereocenters. The Hall–Kier alpha value is -7.09. The highest BCUT2D eigenvalue weighted by Gasteiger charge is 2.35. The van der Waals surface area contributed by atoms with Crippen molar-refractivity contribution < 1.29 is 0 Å². The second kappa shape index (κ2) is 13.0.